The second kappa shape index (κ2) is 3.86. The third kappa shape index (κ3) is 1.94. The first-order chi connectivity index (χ1) is 6.16. The van der Waals surface area contributed by atoms with Crippen molar-refractivity contribution in [3.05, 3.63) is 34.2 Å². The van der Waals surface area contributed by atoms with E-state index in [1.54, 1.807) is 6.07 Å². The van der Waals surface area contributed by atoms with Gasteiger partial charge in [-0.1, -0.05) is 0 Å². The van der Waals surface area contributed by atoms with Gasteiger partial charge in [0, 0.05) is 13.2 Å². The van der Waals surface area contributed by atoms with Crippen molar-refractivity contribution >= 4 is 5.91 Å². The minimum absolute atomic E-state index is 0.0619. The highest BCUT2D eigenvalue weighted by Gasteiger charge is 2.13. The number of amides is 1. The van der Waals surface area contributed by atoms with E-state index in [2.05, 4.69) is 9.82 Å². The van der Waals surface area contributed by atoms with Gasteiger partial charge in [0.2, 0.25) is 0 Å². The minimum Gasteiger partial charge on any atom is -0.328 e. The summed E-state index contributed by atoms with van der Waals surface area (Å²) in [7, 11) is 2.80. The van der Waals surface area contributed by atoms with Crippen LogP contribution in [0.1, 0.15) is 10.4 Å². The summed E-state index contributed by atoms with van der Waals surface area (Å²) in [5, 5.41) is 0.991. The monoisotopic (exact) mass is 182 g/mol. The highest BCUT2D eigenvalue weighted by atomic mass is 16.7. The average Bonchev–Trinajstić information content (AvgIpc) is 2.16. The molecule has 1 aromatic heterocycles. The van der Waals surface area contributed by atoms with Crippen LogP contribution in [0.25, 0.3) is 0 Å². The van der Waals surface area contributed by atoms with Crippen LogP contribution in [0.15, 0.2) is 23.1 Å². The normalized spacial score (nSPS) is 9.69. The molecule has 70 valence electrons. The average molecular weight is 182 g/mol. The number of nitrogens with zero attached hydrogens (tertiary/aromatic N) is 1. The summed E-state index contributed by atoms with van der Waals surface area (Å²) in [6.45, 7) is 0. The second-order valence-corrected chi connectivity index (χ2v) is 2.40. The lowest BCUT2D eigenvalue weighted by Gasteiger charge is -2.12. The molecule has 0 aliphatic heterocycles. The van der Waals surface area contributed by atoms with E-state index in [1.165, 1.54) is 26.4 Å². The van der Waals surface area contributed by atoms with Crippen molar-refractivity contribution in [1.29, 1.82) is 0 Å². The van der Waals surface area contributed by atoms with Crippen molar-refractivity contribution in [2.24, 2.45) is 0 Å². The Morgan fingerprint density at radius 2 is 2.31 bits per heavy atom. The van der Waals surface area contributed by atoms with E-state index in [1.807, 2.05) is 0 Å². The number of carbonyl (C=O) groups is 1. The van der Waals surface area contributed by atoms with E-state index in [4.69, 9.17) is 0 Å². The third-order valence-electron chi connectivity index (χ3n) is 1.61. The lowest BCUT2D eigenvalue weighted by atomic mass is 10.2. The SMILES string of the molecule is CON(C)C(=O)c1ccc[nH]c1=O. The molecule has 5 nitrogen and oxygen atoms in total. The maximum Gasteiger partial charge on any atom is 0.282 e. The number of hydroxylamine groups is 2. The van der Waals surface area contributed by atoms with Crippen molar-refractivity contribution in [3.63, 3.8) is 0 Å². The van der Waals surface area contributed by atoms with E-state index < -0.39 is 11.5 Å². The fraction of sp³-hybridized carbons (Fsp3) is 0.250. The van der Waals surface area contributed by atoms with Crippen molar-refractivity contribution < 1.29 is 9.63 Å². The number of hydrogen-bond acceptors (Lipinski definition) is 3. The largest absolute Gasteiger partial charge is 0.328 e. The molecule has 0 aliphatic carbocycles. The highest BCUT2D eigenvalue weighted by molar-refractivity contribution is 5.92. The van der Waals surface area contributed by atoms with E-state index in [9.17, 15) is 9.59 Å². The number of rotatable bonds is 2. The molecule has 1 amide bonds. The molecule has 0 bridgehead atoms. The molecule has 5 heteroatoms. The second-order valence-electron chi connectivity index (χ2n) is 2.40. The van der Waals surface area contributed by atoms with E-state index >= 15 is 0 Å². The fourth-order valence-corrected chi connectivity index (χ4v) is 0.843. The number of aromatic nitrogens is 1. The molecule has 1 aromatic rings. The molecule has 0 unspecified atom stereocenters. The van der Waals surface area contributed by atoms with Gasteiger partial charge in [-0.05, 0) is 12.1 Å². The molecule has 1 rings (SSSR count). The van der Waals surface area contributed by atoms with Crippen LogP contribution in [0, 0.1) is 0 Å². The summed E-state index contributed by atoms with van der Waals surface area (Å²) in [5.41, 5.74) is -0.358. The third-order valence-corrected chi connectivity index (χ3v) is 1.61. The van der Waals surface area contributed by atoms with Crippen LogP contribution in [-0.2, 0) is 4.84 Å². The van der Waals surface area contributed by atoms with Gasteiger partial charge < -0.3 is 4.98 Å². The van der Waals surface area contributed by atoms with Gasteiger partial charge in [0.25, 0.3) is 11.5 Å². The molecule has 1 N–H and O–H groups in total. The highest BCUT2D eigenvalue weighted by Crippen LogP contribution is 1.95. The Balaban J connectivity index is 3.02. The Morgan fingerprint density at radius 3 is 2.85 bits per heavy atom. The summed E-state index contributed by atoms with van der Waals surface area (Å²) < 4.78 is 0. The van der Waals surface area contributed by atoms with Crippen LogP contribution in [0.2, 0.25) is 0 Å². The first-order valence-electron chi connectivity index (χ1n) is 3.66. The molecule has 0 aliphatic rings. The van der Waals surface area contributed by atoms with Crippen LogP contribution in [0.3, 0.4) is 0 Å². The van der Waals surface area contributed by atoms with Gasteiger partial charge in [-0.3, -0.25) is 14.4 Å². The van der Waals surface area contributed by atoms with Crippen molar-refractivity contribution in [2.45, 2.75) is 0 Å². The van der Waals surface area contributed by atoms with E-state index in [-0.39, 0.29) is 5.56 Å². The van der Waals surface area contributed by atoms with Crippen LogP contribution in [0.4, 0.5) is 0 Å². The Hall–Kier alpha value is -1.62. The predicted octanol–water partition coefficient (Wildman–Crippen LogP) is 0.00830. The number of nitrogens with one attached hydrogen (secondary N) is 1. The first-order valence-corrected chi connectivity index (χ1v) is 3.66. The van der Waals surface area contributed by atoms with Crippen molar-refractivity contribution in [2.75, 3.05) is 14.2 Å². The topological polar surface area (TPSA) is 62.4 Å². The van der Waals surface area contributed by atoms with Gasteiger partial charge in [0.15, 0.2) is 0 Å². The zero-order chi connectivity index (χ0) is 9.84. The maximum atomic E-state index is 11.4. The molecule has 0 spiro atoms. The lowest BCUT2D eigenvalue weighted by molar-refractivity contribution is -0.0758. The summed E-state index contributed by atoms with van der Waals surface area (Å²) in [5.74, 6) is -0.468. The lowest BCUT2D eigenvalue weighted by Crippen LogP contribution is -2.30. The van der Waals surface area contributed by atoms with Gasteiger partial charge in [-0.2, -0.15) is 0 Å². The molecular weight excluding hydrogens is 172 g/mol. The minimum atomic E-state index is -0.468. The van der Waals surface area contributed by atoms with Gasteiger partial charge >= 0.3 is 0 Å². The number of pyridine rings is 1. The summed E-state index contributed by atoms with van der Waals surface area (Å²) in [4.78, 5) is 29.6. The van der Waals surface area contributed by atoms with Gasteiger partial charge in [-0.25, -0.2) is 5.06 Å². The zero-order valence-electron chi connectivity index (χ0n) is 7.40. The Kier molecular flexibility index (Phi) is 2.81. The Morgan fingerprint density at radius 1 is 1.62 bits per heavy atom. The number of hydrogen-bond donors (Lipinski definition) is 1. The fourth-order valence-electron chi connectivity index (χ4n) is 0.843. The molecule has 0 aromatic carbocycles. The molecule has 0 fully saturated rings. The quantitative estimate of drug-likeness (QED) is 0.655. The van der Waals surface area contributed by atoms with Crippen molar-refractivity contribution in [3.8, 4) is 0 Å². The Labute approximate surface area is 74.9 Å². The molecule has 0 saturated carbocycles. The maximum absolute atomic E-state index is 11.4. The van der Waals surface area contributed by atoms with E-state index in [0.29, 0.717) is 0 Å². The summed E-state index contributed by atoms with van der Waals surface area (Å²) in [6.07, 6.45) is 1.46. The molecular formula is C8H10N2O3. The zero-order valence-corrected chi connectivity index (χ0v) is 7.40. The van der Waals surface area contributed by atoms with Crippen LogP contribution < -0.4 is 5.56 Å². The number of aromatic amines is 1. The number of carbonyl (C=O) groups excluding carboxylic acids is 1. The van der Waals surface area contributed by atoms with Crippen LogP contribution >= 0.6 is 0 Å². The van der Waals surface area contributed by atoms with Gasteiger partial charge in [0.05, 0.1) is 7.11 Å². The van der Waals surface area contributed by atoms with Crippen LogP contribution in [-0.4, -0.2) is 30.1 Å². The van der Waals surface area contributed by atoms with Crippen LogP contribution in [0.5, 0.6) is 0 Å². The predicted molar refractivity (Wildman–Crippen MR) is 46.2 cm³/mol. The molecule has 0 radical (unpaired) electrons. The standard InChI is InChI=1S/C8H10N2O3/c1-10(13-2)8(12)6-4-3-5-9-7(6)11/h3-5H,1-2H3,(H,9,11). The molecule has 1 heterocycles. The van der Waals surface area contributed by atoms with Crippen molar-refractivity contribution in [1.82, 2.24) is 10.0 Å². The summed E-state index contributed by atoms with van der Waals surface area (Å²) >= 11 is 0. The van der Waals surface area contributed by atoms with Gasteiger partial charge in [0.1, 0.15) is 5.56 Å². The number of H-pyrrole nitrogens is 1. The van der Waals surface area contributed by atoms with E-state index in [0.717, 1.165) is 5.06 Å². The molecule has 0 atom stereocenters. The van der Waals surface area contributed by atoms with Gasteiger partial charge in [-0.15, -0.1) is 0 Å². The molecule has 13 heavy (non-hydrogen) atoms. The molecule has 0 saturated heterocycles. The Bertz CT molecular complexity index is 358. The first kappa shape index (κ1) is 9.47. The summed E-state index contributed by atoms with van der Waals surface area (Å²) in [6, 6.07) is 3.02. The smallest absolute Gasteiger partial charge is 0.282 e.